The first kappa shape index (κ1) is 20.6. The van der Waals surface area contributed by atoms with Gasteiger partial charge in [0, 0.05) is 24.2 Å². The summed E-state index contributed by atoms with van der Waals surface area (Å²) in [7, 11) is -3.64. The van der Waals surface area contributed by atoms with Gasteiger partial charge in [0.25, 0.3) is 0 Å². The van der Waals surface area contributed by atoms with Gasteiger partial charge in [0.05, 0.1) is 10.8 Å². The number of hydrogen-bond acceptors (Lipinski definition) is 3. The molecule has 1 aliphatic heterocycles. The summed E-state index contributed by atoms with van der Waals surface area (Å²) in [6.07, 6.45) is 5.95. The second-order valence-corrected chi connectivity index (χ2v) is 10.3. The Morgan fingerprint density at radius 1 is 1.19 bits per heavy atom. The van der Waals surface area contributed by atoms with Gasteiger partial charge in [-0.2, -0.15) is 4.31 Å². The van der Waals surface area contributed by atoms with Crippen molar-refractivity contribution in [3.63, 3.8) is 0 Å². The fourth-order valence-electron chi connectivity index (χ4n) is 4.09. The molecule has 5 nitrogen and oxygen atoms in total. The third kappa shape index (κ3) is 4.66. The minimum atomic E-state index is -3.64. The van der Waals surface area contributed by atoms with Gasteiger partial charge in [-0.05, 0) is 56.2 Å². The van der Waals surface area contributed by atoms with Crippen molar-refractivity contribution in [2.45, 2.75) is 63.3 Å². The molecule has 3 rings (SSSR count). The SMILES string of the molecule is Cc1ccc(S(=O)(=O)N2CCC[C@H](C(=O)N[C@H]3CCCC[C@@H]3C)C2)cc1Cl. The molecule has 1 saturated carbocycles. The van der Waals surface area contributed by atoms with Crippen LogP contribution >= 0.6 is 11.6 Å². The summed E-state index contributed by atoms with van der Waals surface area (Å²) in [5.74, 6) is 0.194. The fourth-order valence-corrected chi connectivity index (χ4v) is 5.88. The second-order valence-electron chi connectivity index (χ2n) is 7.99. The second kappa shape index (κ2) is 8.50. The number of benzene rings is 1. The number of carbonyl (C=O) groups is 1. The zero-order chi connectivity index (χ0) is 19.6. The minimum Gasteiger partial charge on any atom is -0.353 e. The van der Waals surface area contributed by atoms with Gasteiger partial charge in [-0.15, -0.1) is 0 Å². The quantitative estimate of drug-likeness (QED) is 0.818. The molecule has 0 aromatic heterocycles. The zero-order valence-corrected chi connectivity index (χ0v) is 17.7. The zero-order valence-electron chi connectivity index (χ0n) is 16.1. The van der Waals surface area contributed by atoms with Gasteiger partial charge >= 0.3 is 0 Å². The predicted octanol–water partition coefficient (Wildman–Crippen LogP) is 3.74. The van der Waals surface area contributed by atoms with Gasteiger partial charge in [-0.1, -0.05) is 37.4 Å². The summed E-state index contributed by atoms with van der Waals surface area (Å²) >= 11 is 6.11. The molecule has 150 valence electrons. The van der Waals surface area contributed by atoms with E-state index in [0.29, 0.717) is 23.9 Å². The molecule has 1 heterocycles. The number of aryl methyl sites for hydroxylation is 1. The van der Waals surface area contributed by atoms with E-state index in [1.54, 1.807) is 12.1 Å². The standard InChI is InChI=1S/C20H29ClN2O3S/c1-14-9-10-17(12-18(14)21)27(25,26)23-11-5-7-16(13-23)20(24)22-19-8-4-3-6-15(19)2/h9-10,12,15-16,19H,3-8,11,13H2,1-2H3,(H,22,24)/t15-,16-,19-/m0/s1. The highest BCUT2D eigenvalue weighted by Gasteiger charge is 2.34. The van der Waals surface area contributed by atoms with Crippen LogP contribution in [0.2, 0.25) is 5.02 Å². The van der Waals surface area contributed by atoms with E-state index in [0.717, 1.165) is 31.2 Å². The van der Waals surface area contributed by atoms with Gasteiger partial charge in [-0.3, -0.25) is 4.79 Å². The Labute approximate surface area is 167 Å². The van der Waals surface area contributed by atoms with Gasteiger partial charge in [0.2, 0.25) is 15.9 Å². The summed E-state index contributed by atoms with van der Waals surface area (Å²) in [5, 5.41) is 3.62. The van der Waals surface area contributed by atoms with E-state index in [9.17, 15) is 13.2 Å². The maximum absolute atomic E-state index is 13.0. The third-order valence-electron chi connectivity index (χ3n) is 5.98. The number of rotatable bonds is 4. The van der Waals surface area contributed by atoms with Crippen LogP contribution in [-0.2, 0) is 14.8 Å². The van der Waals surface area contributed by atoms with Gasteiger partial charge in [-0.25, -0.2) is 8.42 Å². The first-order valence-electron chi connectivity index (χ1n) is 9.85. The van der Waals surface area contributed by atoms with Crippen molar-refractivity contribution < 1.29 is 13.2 Å². The molecular formula is C20H29ClN2O3S. The molecule has 1 amide bonds. The maximum atomic E-state index is 13.0. The van der Waals surface area contributed by atoms with E-state index in [1.165, 1.54) is 16.8 Å². The van der Waals surface area contributed by atoms with Crippen LogP contribution in [0.25, 0.3) is 0 Å². The molecule has 0 radical (unpaired) electrons. The Hall–Kier alpha value is -1.11. The van der Waals surface area contributed by atoms with Crippen molar-refractivity contribution >= 4 is 27.5 Å². The highest BCUT2D eigenvalue weighted by Crippen LogP contribution is 2.28. The van der Waals surface area contributed by atoms with E-state index in [2.05, 4.69) is 12.2 Å². The van der Waals surface area contributed by atoms with E-state index in [4.69, 9.17) is 11.6 Å². The molecule has 1 saturated heterocycles. The Morgan fingerprint density at radius 2 is 1.93 bits per heavy atom. The number of halogens is 1. The van der Waals surface area contributed by atoms with Crippen LogP contribution in [0.4, 0.5) is 0 Å². The lowest BCUT2D eigenvalue weighted by atomic mass is 9.85. The highest BCUT2D eigenvalue weighted by molar-refractivity contribution is 7.89. The Morgan fingerprint density at radius 3 is 2.63 bits per heavy atom. The molecule has 1 aliphatic carbocycles. The molecule has 27 heavy (non-hydrogen) atoms. The predicted molar refractivity (Wildman–Crippen MR) is 107 cm³/mol. The van der Waals surface area contributed by atoms with E-state index < -0.39 is 10.0 Å². The van der Waals surface area contributed by atoms with E-state index >= 15 is 0 Å². The van der Waals surface area contributed by atoms with Crippen molar-refractivity contribution in [1.29, 1.82) is 0 Å². The molecule has 2 aliphatic rings. The molecule has 0 unspecified atom stereocenters. The van der Waals surface area contributed by atoms with Crippen LogP contribution in [-0.4, -0.2) is 37.8 Å². The van der Waals surface area contributed by atoms with Gasteiger partial charge < -0.3 is 5.32 Å². The largest absolute Gasteiger partial charge is 0.353 e. The van der Waals surface area contributed by atoms with Crippen LogP contribution in [0.15, 0.2) is 23.1 Å². The van der Waals surface area contributed by atoms with E-state index in [1.807, 2.05) is 6.92 Å². The van der Waals surface area contributed by atoms with Crippen molar-refractivity contribution in [2.75, 3.05) is 13.1 Å². The molecular weight excluding hydrogens is 384 g/mol. The molecule has 1 N–H and O–H groups in total. The first-order chi connectivity index (χ1) is 12.8. The van der Waals surface area contributed by atoms with Crippen LogP contribution in [0, 0.1) is 18.8 Å². The Bertz CT molecular complexity index is 796. The Balaban J connectivity index is 1.69. The highest BCUT2D eigenvalue weighted by atomic mass is 35.5. The van der Waals surface area contributed by atoms with Gasteiger partial charge in [0.1, 0.15) is 0 Å². The van der Waals surface area contributed by atoms with E-state index in [-0.39, 0.29) is 29.3 Å². The summed E-state index contributed by atoms with van der Waals surface area (Å²) in [6.45, 7) is 4.70. The van der Waals surface area contributed by atoms with Crippen molar-refractivity contribution in [2.24, 2.45) is 11.8 Å². The summed E-state index contributed by atoms with van der Waals surface area (Å²) in [6, 6.07) is 5.02. The first-order valence-corrected chi connectivity index (χ1v) is 11.7. The topological polar surface area (TPSA) is 66.5 Å². The Kier molecular flexibility index (Phi) is 6.49. The average molecular weight is 413 g/mol. The number of sulfonamides is 1. The lowest BCUT2D eigenvalue weighted by molar-refractivity contribution is -0.127. The number of hydrogen-bond donors (Lipinski definition) is 1. The fraction of sp³-hybridized carbons (Fsp3) is 0.650. The molecule has 0 bridgehead atoms. The number of nitrogens with one attached hydrogen (secondary N) is 1. The third-order valence-corrected chi connectivity index (χ3v) is 8.24. The lowest BCUT2D eigenvalue weighted by Crippen LogP contribution is -2.49. The molecule has 1 aromatic rings. The molecule has 3 atom stereocenters. The van der Waals surface area contributed by atoms with Crippen molar-refractivity contribution in [3.8, 4) is 0 Å². The van der Waals surface area contributed by atoms with Crippen LogP contribution in [0.3, 0.4) is 0 Å². The van der Waals surface area contributed by atoms with Gasteiger partial charge in [0.15, 0.2) is 0 Å². The normalized spacial score (nSPS) is 27.3. The lowest BCUT2D eigenvalue weighted by Gasteiger charge is -2.34. The molecule has 2 fully saturated rings. The molecule has 1 aromatic carbocycles. The maximum Gasteiger partial charge on any atom is 0.243 e. The van der Waals surface area contributed by atoms with Crippen molar-refractivity contribution in [1.82, 2.24) is 9.62 Å². The number of piperidine rings is 1. The number of amides is 1. The number of nitrogens with zero attached hydrogens (tertiary/aromatic N) is 1. The van der Waals surface area contributed by atoms with Crippen LogP contribution < -0.4 is 5.32 Å². The molecule has 0 spiro atoms. The summed E-state index contributed by atoms with van der Waals surface area (Å²) in [5.41, 5.74) is 0.841. The minimum absolute atomic E-state index is 0.00408. The molecule has 7 heteroatoms. The smallest absolute Gasteiger partial charge is 0.243 e. The summed E-state index contributed by atoms with van der Waals surface area (Å²) in [4.78, 5) is 13.0. The van der Waals surface area contributed by atoms with Crippen molar-refractivity contribution in [3.05, 3.63) is 28.8 Å². The van der Waals surface area contributed by atoms with Crippen LogP contribution in [0.1, 0.15) is 51.0 Å². The number of carbonyl (C=O) groups excluding carboxylic acids is 1. The monoisotopic (exact) mass is 412 g/mol. The summed E-state index contributed by atoms with van der Waals surface area (Å²) < 4.78 is 27.4. The van der Waals surface area contributed by atoms with Crippen LogP contribution in [0.5, 0.6) is 0 Å². The average Bonchev–Trinajstić information content (AvgIpc) is 2.65.